The van der Waals surface area contributed by atoms with Crippen molar-refractivity contribution in [1.82, 2.24) is 9.78 Å². The van der Waals surface area contributed by atoms with Crippen LogP contribution < -0.4 is 10.6 Å². The van der Waals surface area contributed by atoms with E-state index in [1.807, 2.05) is 36.5 Å². The summed E-state index contributed by atoms with van der Waals surface area (Å²) in [4.78, 5) is 11.8. The Hall–Kier alpha value is -3.15. The molecule has 0 spiro atoms. The quantitative estimate of drug-likeness (QED) is 0.761. The van der Waals surface area contributed by atoms with Gasteiger partial charge in [0.2, 0.25) is 5.91 Å². The number of carbonyl (C=O) groups excluding carboxylic acids is 1. The summed E-state index contributed by atoms with van der Waals surface area (Å²) in [5.74, 6) is -0.768. The summed E-state index contributed by atoms with van der Waals surface area (Å²) in [7, 11) is 0. The molecule has 1 amide bonds. The Bertz CT molecular complexity index is 785. The summed E-state index contributed by atoms with van der Waals surface area (Å²) in [5.41, 5.74) is 1.90. The number of para-hydroxylation sites is 1. The predicted molar refractivity (Wildman–Crippen MR) is 87.1 cm³/mol. The first kappa shape index (κ1) is 14.8. The second kappa shape index (κ2) is 6.74. The van der Waals surface area contributed by atoms with Gasteiger partial charge in [-0.05, 0) is 42.5 Å². The lowest BCUT2D eigenvalue weighted by Gasteiger charge is -2.09. The standard InChI is InChI=1S/C17H15FN4O/c18-15-4-1-2-5-16(15)21-17(23)12-19-13-6-8-14(9-7-13)22-11-3-10-20-22/h1-11,19H,12H2,(H,21,23). The normalized spacial score (nSPS) is 10.3. The first-order valence-electron chi connectivity index (χ1n) is 7.11. The van der Waals surface area contributed by atoms with Crippen molar-refractivity contribution in [2.75, 3.05) is 17.2 Å². The Labute approximate surface area is 132 Å². The molecule has 0 atom stereocenters. The molecule has 1 aromatic heterocycles. The summed E-state index contributed by atoms with van der Waals surface area (Å²) in [6, 6.07) is 15.4. The zero-order valence-corrected chi connectivity index (χ0v) is 12.2. The van der Waals surface area contributed by atoms with E-state index in [2.05, 4.69) is 15.7 Å². The Morgan fingerprint density at radius 1 is 1.09 bits per heavy atom. The topological polar surface area (TPSA) is 59.0 Å². The summed E-state index contributed by atoms with van der Waals surface area (Å²) in [5, 5.41) is 9.66. The van der Waals surface area contributed by atoms with Gasteiger partial charge >= 0.3 is 0 Å². The number of hydrogen-bond donors (Lipinski definition) is 2. The number of nitrogens with one attached hydrogen (secondary N) is 2. The van der Waals surface area contributed by atoms with Gasteiger partial charge in [0.1, 0.15) is 5.82 Å². The van der Waals surface area contributed by atoms with Crippen LogP contribution in [0.2, 0.25) is 0 Å². The number of rotatable bonds is 5. The van der Waals surface area contributed by atoms with Gasteiger partial charge in [0.25, 0.3) is 0 Å². The zero-order chi connectivity index (χ0) is 16.1. The smallest absolute Gasteiger partial charge is 0.243 e. The molecule has 2 N–H and O–H groups in total. The van der Waals surface area contributed by atoms with Gasteiger partial charge in [-0.2, -0.15) is 5.10 Å². The third kappa shape index (κ3) is 3.74. The Kier molecular flexibility index (Phi) is 4.33. The average molecular weight is 310 g/mol. The molecule has 23 heavy (non-hydrogen) atoms. The third-order valence-corrected chi connectivity index (χ3v) is 3.24. The average Bonchev–Trinajstić information content (AvgIpc) is 3.10. The molecule has 0 fully saturated rings. The maximum absolute atomic E-state index is 13.4. The van der Waals surface area contributed by atoms with Crippen LogP contribution in [-0.2, 0) is 4.79 Å². The van der Waals surface area contributed by atoms with Gasteiger partial charge in [0.05, 0.1) is 17.9 Å². The molecule has 0 saturated heterocycles. The van der Waals surface area contributed by atoms with Crippen molar-refractivity contribution in [3.05, 3.63) is 72.8 Å². The largest absolute Gasteiger partial charge is 0.376 e. The number of aromatic nitrogens is 2. The van der Waals surface area contributed by atoms with Crippen LogP contribution in [0.25, 0.3) is 5.69 Å². The summed E-state index contributed by atoms with van der Waals surface area (Å²) in [6.45, 7) is 0.0510. The summed E-state index contributed by atoms with van der Waals surface area (Å²) in [6.07, 6.45) is 3.56. The highest BCUT2D eigenvalue weighted by molar-refractivity contribution is 5.93. The fraction of sp³-hybridized carbons (Fsp3) is 0.0588. The SMILES string of the molecule is O=C(CNc1ccc(-n2cccn2)cc1)Nc1ccccc1F. The molecule has 0 aliphatic carbocycles. The number of halogens is 1. The Morgan fingerprint density at radius 3 is 2.57 bits per heavy atom. The van der Waals surface area contributed by atoms with E-state index in [0.717, 1.165) is 11.4 Å². The van der Waals surface area contributed by atoms with Crippen LogP contribution in [0, 0.1) is 5.82 Å². The van der Waals surface area contributed by atoms with Crippen molar-refractivity contribution >= 4 is 17.3 Å². The van der Waals surface area contributed by atoms with Gasteiger partial charge in [0.15, 0.2) is 0 Å². The predicted octanol–water partition coefficient (Wildman–Crippen LogP) is 3.06. The monoisotopic (exact) mass is 310 g/mol. The molecule has 0 radical (unpaired) electrons. The van der Waals surface area contributed by atoms with Crippen molar-refractivity contribution in [3.63, 3.8) is 0 Å². The highest BCUT2D eigenvalue weighted by Gasteiger charge is 2.06. The van der Waals surface area contributed by atoms with E-state index < -0.39 is 5.82 Å². The lowest BCUT2D eigenvalue weighted by atomic mass is 10.2. The Morgan fingerprint density at radius 2 is 1.87 bits per heavy atom. The van der Waals surface area contributed by atoms with Gasteiger partial charge in [-0.15, -0.1) is 0 Å². The minimum atomic E-state index is -0.454. The number of anilines is 2. The van der Waals surface area contributed by atoms with E-state index >= 15 is 0 Å². The van der Waals surface area contributed by atoms with Gasteiger partial charge in [-0.25, -0.2) is 9.07 Å². The van der Waals surface area contributed by atoms with E-state index in [4.69, 9.17) is 0 Å². The molecule has 5 nitrogen and oxygen atoms in total. The van der Waals surface area contributed by atoms with Gasteiger partial charge in [-0.1, -0.05) is 12.1 Å². The van der Waals surface area contributed by atoms with Gasteiger partial charge < -0.3 is 10.6 Å². The van der Waals surface area contributed by atoms with Crippen LogP contribution in [0.1, 0.15) is 0 Å². The molecule has 2 aromatic carbocycles. The summed E-state index contributed by atoms with van der Waals surface area (Å²) >= 11 is 0. The van der Waals surface area contributed by atoms with Crippen molar-refractivity contribution in [3.8, 4) is 5.69 Å². The summed E-state index contributed by atoms with van der Waals surface area (Å²) < 4.78 is 15.2. The molecule has 1 heterocycles. The molecular weight excluding hydrogens is 295 g/mol. The number of benzene rings is 2. The maximum atomic E-state index is 13.4. The van der Waals surface area contributed by atoms with Crippen molar-refractivity contribution < 1.29 is 9.18 Å². The highest BCUT2D eigenvalue weighted by Crippen LogP contribution is 2.14. The molecule has 0 aliphatic heterocycles. The highest BCUT2D eigenvalue weighted by atomic mass is 19.1. The molecule has 3 rings (SSSR count). The van der Waals surface area contributed by atoms with Crippen LogP contribution in [-0.4, -0.2) is 22.2 Å². The van der Waals surface area contributed by atoms with Crippen LogP contribution in [0.5, 0.6) is 0 Å². The van der Waals surface area contributed by atoms with Crippen LogP contribution in [0.4, 0.5) is 15.8 Å². The van der Waals surface area contributed by atoms with E-state index in [9.17, 15) is 9.18 Å². The fourth-order valence-electron chi connectivity index (χ4n) is 2.09. The maximum Gasteiger partial charge on any atom is 0.243 e. The minimum absolute atomic E-state index is 0.0510. The van der Waals surface area contributed by atoms with E-state index in [0.29, 0.717) is 0 Å². The lowest BCUT2D eigenvalue weighted by Crippen LogP contribution is -2.22. The molecule has 3 aromatic rings. The van der Waals surface area contributed by atoms with E-state index in [1.165, 1.54) is 12.1 Å². The second-order valence-corrected chi connectivity index (χ2v) is 4.88. The third-order valence-electron chi connectivity index (χ3n) is 3.24. The van der Waals surface area contributed by atoms with Gasteiger partial charge in [0, 0.05) is 18.1 Å². The molecular formula is C17H15FN4O. The number of amides is 1. The van der Waals surface area contributed by atoms with E-state index in [1.54, 1.807) is 23.0 Å². The molecule has 6 heteroatoms. The van der Waals surface area contributed by atoms with Crippen molar-refractivity contribution in [2.24, 2.45) is 0 Å². The van der Waals surface area contributed by atoms with Crippen LogP contribution in [0.15, 0.2) is 67.0 Å². The molecule has 116 valence electrons. The number of carbonyl (C=O) groups is 1. The van der Waals surface area contributed by atoms with E-state index in [-0.39, 0.29) is 18.1 Å². The second-order valence-electron chi connectivity index (χ2n) is 4.88. The molecule has 0 bridgehead atoms. The first-order chi connectivity index (χ1) is 11.2. The number of nitrogens with zero attached hydrogens (tertiary/aromatic N) is 2. The van der Waals surface area contributed by atoms with Gasteiger partial charge in [-0.3, -0.25) is 4.79 Å². The number of hydrogen-bond acceptors (Lipinski definition) is 3. The minimum Gasteiger partial charge on any atom is -0.376 e. The van der Waals surface area contributed by atoms with Crippen LogP contribution in [0.3, 0.4) is 0 Å². The van der Waals surface area contributed by atoms with Crippen molar-refractivity contribution in [2.45, 2.75) is 0 Å². The van der Waals surface area contributed by atoms with Crippen LogP contribution >= 0.6 is 0 Å². The fourth-order valence-corrected chi connectivity index (χ4v) is 2.09. The van der Waals surface area contributed by atoms with Crippen molar-refractivity contribution in [1.29, 1.82) is 0 Å². The Balaban J connectivity index is 1.56. The first-order valence-corrected chi connectivity index (χ1v) is 7.11. The molecule has 0 saturated carbocycles. The lowest BCUT2D eigenvalue weighted by molar-refractivity contribution is -0.114. The zero-order valence-electron chi connectivity index (χ0n) is 12.2. The molecule has 0 aliphatic rings. The molecule has 0 unspecified atom stereocenters.